The van der Waals surface area contributed by atoms with Crippen LogP contribution in [0.1, 0.15) is 239 Å². The van der Waals surface area contributed by atoms with E-state index in [1.54, 1.807) is 0 Å². The topological polar surface area (TPSA) is 63.6 Å². The molecule has 4 nitrogen and oxygen atoms in total. The van der Waals surface area contributed by atoms with Crippen molar-refractivity contribution < 1.29 is 19.4 Å². The maximum Gasteiger partial charge on any atom is 0.306 e. The lowest BCUT2D eigenvalue weighted by molar-refractivity contribution is -0.150. The Bertz CT molecular complexity index is 727. The Labute approximate surface area is 299 Å². The molecule has 0 spiro atoms. The number of allylic oxidation sites excluding steroid dienone is 4. The lowest BCUT2D eigenvalue weighted by atomic mass is 10.0. The molecule has 0 saturated carbocycles. The molecule has 0 saturated heterocycles. The van der Waals surface area contributed by atoms with Gasteiger partial charge in [-0.05, 0) is 70.6 Å². The van der Waals surface area contributed by atoms with E-state index in [-0.39, 0.29) is 18.5 Å². The van der Waals surface area contributed by atoms with Crippen LogP contribution in [0.3, 0.4) is 0 Å². The smallest absolute Gasteiger partial charge is 0.306 e. The Morgan fingerprint density at radius 3 is 1.27 bits per heavy atom. The van der Waals surface area contributed by atoms with Crippen LogP contribution in [0.15, 0.2) is 24.3 Å². The van der Waals surface area contributed by atoms with Crippen LogP contribution in [0.4, 0.5) is 0 Å². The summed E-state index contributed by atoms with van der Waals surface area (Å²) < 4.78 is 5.99. The SMILES string of the molecule is CCCCC/C=C\C/C=C\CCCCCCCCCCCC(=O)OC(CCCCCCCCCCCCCC)CCCCCCC(=O)O. The molecule has 0 aliphatic rings. The number of rotatable bonds is 39. The molecule has 0 bridgehead atoms. The Morgan fingerprint density at radius 1 is 0.458 bits per heavy atom. The number of esters is 1. The number of carbonyl (C=O) groups excluding carboxylic acids is 1. The van der Waals surface area contributed by atoms with Crippen molar-refractivity contribution in [3.8, 4) is 0 Å². The van der Waals surface area contributed by atoms with Crippen LogP contribution in [0.2, 0.25) is 0 Å². The summed E-state index contributed by atoms with van der Waals surface area (Å²) in [6.07, 6.45) is 50.6. The zero-order chi connectivity index (χ0) is 35.0. The van der Waals surface area contributed by atoms with Crippen molar-refractivity contribution in [2.75, 3.05) is 0 Å². The quantitative estimate of drug-likeness (QED) is 0.0400. The average Bonchev–Trinajstić information content (AvgIpc) is 3.07. The molecule has 0 radical (unpaired) electrons. The van der Waals surface area contributed by atoms with E-state index in [9.17, 15) is 9.59 Å². The molecule has 0 aliphatic heterocycles. The van der Waals surface area contributed by atoms with E-state index in [0.717, 1.165) is 64.2 Å². The van der Waals surface area contributed by atoms with E-state index in [1.807, 2.05) is 0 Å². The average molecular weight is 675 g/mol. The Hall–Kier alpha value is -1.58. The fourth-order valence-electron chi connectivity index (χ4n) is 6.51. The van der Waals surface area contributed by atoms with Crippen LogP contribution in [-0.2, 0) is 14.3 Å². The van der Waals surface area contributed by atoms with E-state index < -0.39 is 5.97 Å². The van der Waals surface area contributed by atoms with Gasteiger partial charge in [-0.1, -0.05) is 179 Å². The standard InChI is InChI=1S/C44H82O4/c1-3-5-7-9-11-13-15-17-18-19-20-21-22-23-25-27-29-31-37-41-44(47)48-42(39-35-32-33-36-40-43(45)46)38-34-30-28-26-24-16-14-12-10-8-6-4-2/h11,13,17-18,42H,3-10,12,14-16,19-41H2,1-2H3,(H,45,46)/b13-11-,18-17-. The van der Waals surface area contributed by atoms with Gasteiger partial charge in [-0.2, -0.15) is 0 Å². The van der Waals surface area contributed by atoms with Gasteiger partial charge < -0.3 is 9.84 Å². The van der Waals surface area contributed by atoms with Crippen molar-refractivity contribution in [3.63, 3.8) is 0 Å². The summed E-state index contributed by atoms with van der Waals surface area (Å²) >= 11 is 0. The van der Waals surface area contributed by atoms with Gasteiger partial charge in [0, 0.05) is 12.8 Å². The van der Waals surface area contributed by atoms with Gasteiger partial charge >= 0.3 is 11.9 Å². The molecule has 48 heavy (non-hydrogen) atoms. The van der Waals surface area contributed by atoms with Gasteiger partial charge in [0.2, 0.25) is 0 Å². The molecule has 0 fully saturated rings. The van der Waals surface area contributed by atoms with E-state index >= 15 is 0 Å². The predicted molar refractivity (Wildman–Crippen MR) is 209 cm³/mol. The molecule has 0 aromatic heterocycles. The first kappa shape index (κ1) is 46.4. The van der Waals surface area contributed by atoms with Crippen LogP contribution in [0, 0.1) is 0 Å². The Balaban J connectivity index is 3.92. The molecule has 0 aromatic carbocycles. The maximum absolute atomic E-state index is 12.7. The second kappa shape index (κ2) is 39.9. The van der Waals surface area contributed by atoms with Gasteiger partial charge in [-0.25, -0.2) is 0 Å². The molecule has 1 N–H and O–H groups in total. The van der Waals surface area contributed by atoms with Crippen molar-refractivity contribution in [3.05, 3.63) is 24.3 Å². The number of carbonyl (C=O) groups is 2. The fourth-order valence-corrected chi connectivity index (χ4v) is 6.51. The van der Waals surface area contributed by atoms with Crippen LogP contribution in [0.25, 0.3) is 0 Å². The van der Waals surface area contributed by atoms with Gasteiger partial charge in [-0.3, -0.25) is 9.59 Å². The lowest BCUT2D eigenvalue weighted by Crippen LogP contribution is -2.18. The third kappa shape index (κ3) is 38.9. The molecule has 1 atom stereocenters. The summed E-state index contributed by atoms with van der Waals surface area (Å²) in [5.74, 6) is -0.721. The molecule has 0 aromatic rings. The van der Waals surface area contributed by atoms with Crippen LogP contribution in [-0.4, -0.2) is 23.1 Å². The summed E-state index contributed by atoms with van der Waals surface area (Å²) in [7, 11) is 0. The summed E-state index contributed by atoms with van der Waals surface area (Å²) in [4.78, 5) is 23.4. The Morgan fingerprint density at radius 2 is 0.812 bits per heavy atom. The first-order chi connectivity index (χ1) is 23.6. The van der Waals surface area contributed by atoms with Crippen molar-refractivity contribution in [1.82, 2.24) is 0 Å². The van der Waals surface area contributed by atoms with Gasteiger partial charge in [-0.15, -0.1) is 0 Å². The summed E-state index contributed by atoms with van der Waals surface area (Å²) in [6, 6.07) is 0. The number of ether oxygens (including phenoxy) is 1. The molecule has 0 amide bonds. The number of carboxylic acid groups (broad SMARTS) is 1. The van der Waals surface area contributed by atoms with Crippen molar-refractivity contribution in [2.45, 2.75) is 245 Å². The molecular weight excluding hydrogens is 592 g/mol. The first-order valence-corrected chi connectivity index (χ1v) is 21.3. The van der Waals surface area contributed by atoms with Crippen molar-refractivity contribution in [2.24, 2.45) is 0 Å². The second-order valence-corrected chi connectivity index (χ2v) is 14.5. The summed E-state index contributed by atoms with van der Waals surface area (Å²) in [5.41, 5.74) is 0. The van der Waals surface area contributed by atoms with Crippen molar-refractivity contribution >= 4 is 11.9 Å². The highest BCUT2D eigenvalue weighted by Gasteiger charge is 2.14. The number of unbranched alkanes of at least 4 members (excludes halogenated alkanes) is 26. The number of aliphatic carboxylic acids is 1. The second-order valence-electron chi connectivity index (χ2n) is 14.5. The molecule has 0 rings (SSSR count). The molecule has 282 valence electrons. The number of hydrogen-bond acceptors (Lipinski definition) is 3. The van der Waals surface area contributed by atoms with Crippen LogP contribution in [0.5, 0.6) is 0 Å². The first-order valence-electron chi connectivity index (χ1n) is 21.3. The fraction of sp³-hybridized carbons (Fsp3) is 0.864. The van der Waals surface area contributed by atoms with E-state index in [1.165, 1.54) is 148 Å². The van der Waals surface area contributed by atoms with E-state index in [2.05, 4.69) is 38.2 Å². The van der Waals surface area contributed by atoms with Crippen LogP contribution < -0.4 is 0 Å². The molecular formula is C44H82O4. The largest absolute Gasteiger partial charge is 0.481 e. The zero-order valence-electron chi connectivity index (χ0n) is 32.3. The molecule has 1 unspecified atom stereocenters. The minimum Gasteiger partial charge on any atom is -0.481 e. The molecule has 0 heterocycles. The zero-order valence-corrected chi connectivity index (χ0v) is 32.3. The third-order valence-corrected chi connectivity index (χ3v) is 9.68. The third-order valence-electron chi connectivity index (χ3n) is 9.68. The summed E-state index contributed by atoms with van der Waals surface area (Å²) in [5, 5.41) is 8.86. The monoisotopic (exact) mass is 675 g/mol. The van der Waals surface area contributed by atoms with Gasteiger partial charge in [0.25, 0.3) is 0 Å². The highest BCUT2D eigenvalue weighted by molar-refractivity contribution is 5.69. The molecule has 0 aliphatic carbocycles. The number of carboxylic acids is 1. The number of hydrogen-bond donors (Lipinski definition) is 1. The van der Waals surface area contributed by atoms with Gasteiger partial charge in [0.1, 0.15) is 6.10 Å². The van der Waals surface area contributed by atoms with Gasteiger partial charge in [0.05, 0.1) is 0 Å². The normalized spacial score (nSPS) is 12.4. The van der Waals surface area contributed by atoms with Crippen LogP contribution >= 0.6 is 0 Å². The predicted octanol–water partition coefficient (Wildman–Crippen LogP) is 14.8. The van der Waals surface area contributed by atoms with Crippen molar-refractivity contribution in [1.29, 1.82) is 0 Å². The Kier molecular flexibility index (Phi) is 38.5. The highest BCUT2D eigenvalue weighted by Crippen LogP contribution is 2.19. The maximum atomic E-state index is 12.7. The minimum absolute atomic E-state index is 0.0122. The van der Waals surface area contributed by atoms with E-state index in [4.69, 9.17) is 9.84 Å². The van der Waals surface area contributed by atoms with E-state index in [0.29, 0.717) is 6.42 Å². The lowest BCUT2D eigenvalue weighted by Gasteiger charge is -2.18. The van der Waals surface area contributed by atoms with Gasteiger partial charge in [0.15, 0.2) is 0 Å². The highest BCUT2D eigenvalue weighted by atomic mass is 16.5. The minimum atomic E-state index is -0.709. The summed E-state index contributed by atoms with van der Waals surface area (Å²) in [6.45, 7) is 4.53. The molecule has 4 heteroatoms.